The average Bonchev–Trinajstić information content (AvgIpc) is 3.72. The van der Waals surface area contributed by atoms with Crippen LogP contribution >= 0.6 is 0 Å². The smallest absolute Gasteiger partial charge is 0.223 e. The summed E-state index contributed by atoms with van der Waals surface area (Å²) in [4.78, 5) is 36.7. The molecule has 6 heteroatoms. The van der Waals surface area contributed by atoms with Crippen molar-refractivity contribution in [2.24, 2.45) is 0 Å². The van der Waals surface area contributed by atoms with Crippen LogP contribution in [0.3, 0.4) is 0 Å². The molecule has 0 radical (unpaired) electrons. The van der Waals surface area contributed by atoms with Crippen LogP contribution in [-0.4, -0.2) is 58.8 Å². The number of benzene rings is 2. The standard InChI is InChI=1S/C30H36N4O2/c1-21-4-7-24(8-5-21)9-13-29(36)34(27-11-12-27)20-26-19-25-10-6-22(2)18-28(25)31-30(26)33-16-14-32(15-17-33)23(3)35/h4-8,10,18-19,27H,9,11-17,20H2,1-3H3. The van der Waals surface area contributed by atoms with Crippen molar-refractivity contribution >= 4 is 28.5 Å². The number of piperazine rings is 1. The van der Waals surface area contributed by atoms with Gasteiger partial charge in [-0.2, -0.15) is 0 Å². The average molecular weight is 485 g/mol. The third-order valence-corrected chi connectivity index (χ3v) is 7.45. The Morgan fingerprint density at radius 2 is 1.64 bits per heavy atom. The lowest BCUT2D eigenvalue weighted by atomic mass is 10.1. The molecule has 3 aromatic rings. The number of pyridine rings is 1. The summed E-state index contributed by atoms with van der Waals surface area (Å²) in [6, 6.07) is 17.4. The molecular formula is C30H36N4O2. The van der Waals surface area contributed by atoms with Crippen molar-refractivity contribution in [1.82, 2.24) is 14.8 Å². The van der Waals surface area contributed by atoms with Crippen molar-refractivity contribution < 1.29 is 9.59 Å². The second-order valence-electron chi connectivity index (χ2n) is 10.4. The number of carbonyl (C=O) groups excluding carboxylic acids is 2. The van der Waals surface area contributed by atoms with Gasteiger partial charge in [-0.25, -0.2) is 4.98 Å². The third-order valence-electron chi connectivity index (χ3n) is 7.45. The summed E-state index contributed by atoms with van der Waals surface area (Å²) >= 11 is 0. The predicted octanol–water partition coefficient (Wildman–Crippen LogP) is 4.64. The molecule has 0 atom stereocenters. The van der Waals surface area contributed by atoms with Crippen molar-refractivity contribution in [3.05, 3.63) is 70.8 Å². The van der Waals surface area contributed by atoms with Gasteiger partial charge in [0, 0.05) is 63.1 Å². The molecule has 2 amide bonds. The Balaban J connectivity index is 1.39. The van der Waals surface area contributed by atoms with Gasteiger partial charge in [0.25, 0.3) is 0 Å². The van der Waals surface area contributed by atoms with Crippen LogP contribution in [-0.2, 0) is 22.6 Å². The summed E-state index contributed by atoms with van der Waals surface area (Å²) in [6.07, 6.45) is 3.43. The Morgan fingerprint density at radius 3 is 2.31 bits per heavy atom. The molecule has 1 aromatic heterocycles. The number of amides is 2. The highest BCUT2D eigenvalue weighted by Crippen LogP contribution is 2.33. The fourth-order valence-electron chi connectivity index (χ4n) is 5.07. The highest BCUT2D eigenvalue weighted by atomic mass is 16.2. The van der Waals surface area contributed by atoms with Gasteiger partial charge in [-0.1, -0.05) is 42.0 Å². The van der Waals surface area contributed by atoms with Gasteiger partial charge in [-0.15, -0.1) is 0 Å². The van der Waals surface area contributed by atoms with Gasteiger partial charge in [0.1, 0.15) is 5.82 Å². The Labute approximate surface area is 213 Å². The molecule has 0 spiro atoms. The number of aromatic nitrogens is 1. The number of carbonyl (C=O) groups is 2. The van der Waals surface area contributed by atoms with Gasteiger partial charge in [0.05, 0.1) is 5.52 Å². The number of hydrogen-bond acceptors (Lipinski definition) is 4. The molecule has 2 heterocycles. The summed E-state index contributed by atoms with van der Waals surface area (Å²) in [5, 5.41) is 1.10. The van der Waals surface area contributed by atoms with Crippen molar-refractivity contribution in [3.63, 3.8) is 0 Å². The molecule has 6 nitrogen and oxygen atoms in total. The SMILES string of the molecule is CC(=O)N1CCN(c2nc3cc(C)ccc3cc2CN(C(=O)CCc2ccc(C)cc2)C2CC2)CC1. The molecule has 188 valence electrons. The zero-order valence-corrected chi connectivity index (χ0v) is 21.7. The van der Waals surface area contributed by atoms with E-state index in [1.807, 2.05) is 4.90 Å². The van der Waals surface area contributed by atoms with Crippen LogP contribution in [0, 0.1) is 13.8 Å². The maximum absolute atomic E-state index is 13.4. The minimum absolute atomic E-state index is 0.121. The van der Waals surface area contributed by atoms with Crippen molar-refractivity contribution in [2.45, 2.75) is 59.0 Å². The fourth-order valence-corrected chi connectivity index (χ4v) is 5.07. The number of hydrogen-bond donors (Lipinski definition) is 0. The van der Waals surface area contributed by atoms with E-state index in [4.69, 9.17) is 4.98 Å². The van der Waals surface area contributed by atoms with Crippen molar-refractivity contribution in [1.29, 1.82) is 0 Å². The summed E-state index contributed by atoms with van der Waals surface area (Å²) in [5.74, 6) is 1.29. The first-order chi connectivity index (χ1) is 17.4. The molecule has 5 rings (SSSR count). The van der Waals surface area contributed by atoms with E-state index in [2.05, 4.69) is 72.2 Å². The molecule has 2 aliphatic rings. The van der Waals surface area contributed by atoms with Crippen LogP contribution in [0.5, 0.6) is 0 Å². The Morgan fingerprint density at radius 1 is 0.944 bits per heavy atom. The normalized spacial score (nSPS) is 15.9. The number of aryl methyl sites for hydroxylation is 3. The maximum Gasteiger partial charge on any atom is 0.223 e. The minimum Gasteiger partial charge on any atom is -0.353 e. The van der Waals surface area contributed by atoms with E-state index in [0.29, 0.717) is 32.1 Å². The molecule has 2 fully saturated rings. The molecule has 0 unspecified atom stereocenters. The number of nitrogens with zero attached hydrogens (tertiary/aromatic N) is 4. The van der Waals surface area contributed by atoms with Gasteiger partial charge in [0.15, 0.2) is 0 Å². The molecule has 0 bridgehead atoms. The Hall–Kier alpha value is -3.41. The van der Waals surface area contributed by atoms with E-state index in [-0.39, 0.29) is 11.8 Å². The second kappa shape index (κ2) is 10.3. The molecule has 36 heavy (non-hydrogen) atoms. The fraction of sp³-hybridized carbons (Fsp3) is 0.433. The van der Waals surface area contributed by atoms with E-state index in [1.165, 1.54) is 16.7 Å². The topological polar surface area (TPSA) is 56.8 Å². The zero-order valence-electron chi connectivity index (χ0n) is 21.7. The molecule has 1 saturated heterocycles. The van der Waals surface area contributed by atoms with Gasteiger partial charge >= 0.3 is 0 Å². The molecular weight excluding hydrogens is 448 g/mol. The van der Waals surface area contributed by atoms with E-state index >= 15 is 0 Å². The largest absolute Gasteiger partial charge is 0.353 e. The summed E-state index contributed by atoms with van der Waals surface area (Å²) < 4.78 is 0. The lowest BCUT2D eigenvalue weighted by Gasteiger charge is -2.36. The number of fused-ring (bicyclic) bond motifs is 1. The van der Waals surface area contributed by atoms with E-state index in [0.717, 1.165) is 54.6 Å². The van der Waals surface area contributed by atoms with E-state index in [1.54, 1.807) is 6.92 Å². The van der Waals surface area contributed by atoms with Gasteiger partial charge in [-0.3, -0.25) is 9.59 Å². The van der Waals surface area contributed by atoms with Crippen LogP contribution in [0.15, 0.2) is 48.5 Å². The second-order valence-corrected chi connectivity index (χ2v) is 10.4. The number of anilines is 1. The van der Waals surface area contributed by atoms with Gasteiger partial charge < -0.3 is 14.7 Å². The van der Waals surface area contributed by atoms with Crippen molar-refractivity contribution in [2.75, 3.05) is 31.1 Å². The third kappa shape index (κ3) is 5.53. The highest BCUT2D eigenvalue weighted by Gasteiger charge is 2.33. The summed E-state index contributed by atoms with van der Waals surface area (Å²) in [7, 11) is 0. The van der Waals surface area contributed by atoms with Gasteiger partial charge in [0.2, 0.25) is 11.8 Å². The lowest BCUT2D eigenvalue weighted by molar-refractivity contribution is -0.132. The zero-order chi connectivity index (χ0) is 25.2. The van der Waals surface area contributed by atoms with E-state index in [9.17, 15) is 9.59 Å². The van der Waals surface area contributed by atoms with E-state index < -0.39 is 0 Å². The van der Waals surface area contributed by atoms with Crippen molar-refractivity contribution in [3.8, 4) is 0 Å². The first-order valence-electron chi connectivity index (χ1n) is 13.1. The molecule has 0 N–H and O–H groups in total. The molecule has 1 aliphatic heterocycles. The molecule has 2 aromatic carbocycles. The van der Waals surface area contributed by atoms with Crippen LogP contribution in [0.2, 0.25) is 0 Å². The first-order valence-corrected chi connectivity index (χ1v) is 13.1. The summed E-state index contributed by atoms with van der Waals surface area (Å²) in [6.45, 7) is 9.28. The monoisotopic (exact) mass is 484 g/mol. The molecule has 1 saturated carbocycles. The van der Waals surface area contributed by atoms with Crippen LogP contribution in [0.4, 0.5) is 5.82 Å². The highest BCUT2D eigenvalue weighted by molar-refractivity contribution is 5.83. The predicted molar refractivity (Wildman–Crippen MR) is 144 cm³/mol. The number of rotatable bonds is 7. The van der Waals surface area contributed by atoms with Crippen LogP contribution in [0.25, 0.3) is 10.9 Å². The Bertz CT molecular complexity index is 1260. The minimum atomic E-state index is 0.121. The maximum atomic E-state index is 13.4. The van der Waals surface area contributed by atoms with Crippen LogP contribution < -0.4 is 4.90 Å². The lowest BCUT2D eigenvalue weighted by Crippen LogP contribution is -2.48. The summed E-state index contributed by atoms with van der Waals surface area (Å²) in [5.41, 5.74) is 5.70. The van der Waals surface area contributed by atoms with Crippen LogP contribution in [0.1, 0.15) is 48.4 Å². The van der Waals surface area contributed by atoms with Gasteiger partial charge in [-0.05, 0) is 56.4 Å². The first kappa shape index (κ1) is 24.3. The Kier molecular flexibility index (Phi) is 6.95. The molecule has 1 aliphatic carbocycles. The quantitative estimate of drug-likeness (QED) is 0.490.